The number of carbonyl (C=O) groups excluding carboxylic acids is 2. The first-order valence-corrected chi connectivity index (χ1v) is 11.7. The maximum Gasteiger partial charge on any atom is 0.410 e. The molecule has 1 rings (SSSR count). The van der Waals surface area contributed by atoms with Gasteiger partial charge < -0.3 is 25.2 Å². The van der Waals surface area contributed by atoms with Gasteiger partial charge in [-0.2, -0.15) is 0 Å². The van der Waals surface area contributed by atoms with E-state index in [1.165, 1.54) is 0 Å². The van der Waals surface area contributed by atoms with Crippen LogP contribution in [0.2, 0.25) is 0 Å². The zero-order valence-corrected chi connectivity index (χ0v) is 21.0. The fourth-order valence-corrected chi connectivity index (χ4v) is 3.75. The molecular weight excluding hydrogens is 394 g/mol. The topological polar surface area (TPSA) is 86.3 Å². The van der Waals surface area contributed by atoms with Crippen LogP contribution in [0.4, 0.5) is 4.79 Å². The lowest BCUT2D eigenvalue weighted by Crippen LogP contribution is -2.51. The average molecular weight is 440 g/mol. The van der Waals surface area contributed by atoms with E-state index in [4.69, 9.17) is 4.74 Å². The van der Waals surface area contributed by atoms with E-state index in [0.29, 0.717) is 25.0 Å². The smallest absolute Gasteiger partial charge is 0.410 e. The fourth-order valence-electron chi connectivity index (χ4n) is 3.75. The molecule has 0 aromatic heterocycles. The number of carbonyl (C=O) groups is 2. The van der Waals surface area contributed by atoms with Crippen LogP contribution in [-0.2, 0) is 9.53 Å². The maximum atomic E-state index is 12.6. The SMILES string of the molecule is CCC(CC)C(=O)N1CCC(NC(=NC)NCC(C)CN(C)C(=O)OC(C)(C)C)CC1. The van der Waals surface area contributed by atoms with Crippen LogP contribution in [0.1, 0.15) is 67.2 Å². The van der Waals surface area contributed by atoms with Crippen LogP contribution in [0.25, 0.3) is 0 Å². The summed E-state index contributed by atoms with van der Waals surface area (Å²) in [5, 5.41) is 6.84. The molecule has 0 bridgehead atoms. The third-order valence-corrected chi connectivity index (χ3v) is 5.61. The summed E-state index contributed by atoms with van der Waals surface area (Å²) in [7, 11) is 3.52. The van der Waals surface area contributed by atoms with Gasteiger partial charge in [-0.25, -0.2) is 4.79 Å². The average Bonchev–Trinajstić information content (AvgIpc) is 2.71. The molecule has 31 heavy (non-hydrogen) atoms. The first kappa shape index (κ1) is 27.0. The summed E-state index contributed by atoms with van der Waals surface area (Å²) in [6.07, 6.45) is 3.35. The Hall–Kier alpha value is -1.99. The summed E-state index contributed by atoms with van der Waals surface area (Å²) in [6, 6.07) is 0.302. The molecule has 0 saturated carbocycles. The molecule has 2 N–H and O–H groups in total. The highest BCUT2D eigenvalue weighted by Gasteiger charge is 2.27. The van der Waals surface area contributed by atoms with Crippen LogP contribution >= 0.6 is 0 Å². The van der Waals surface area contributed by atoms with E-state index in [0.717, 1.165) is 44.7 Å². The monoisotopic (exact) mass is 439 g/mol. The van der Waals surface area contributed by atoms with Gasteiger partial charge in [0, 0.05) is 52.2 Å². The number of hydrogen-bond donors (Lipinski definition) is 2. The van der Waals surface area contributed by atoms with Crippen molar-refractivity contribution in [2.75, 3.05) is 40.3 Å². The van der Waals surface area contributed by atoms with E-state index >= 15 is 0 Å². The molecule has 2 amide bonds. The van der Waals surface area contributed by atoms with Crippen molar-refractivity contribution in [3.8, 4) is 0 Å². The molecule has 8 nitrogen and oxygen atoms in total. The highest BCUT2D eigenvalue weighted by Crippen LogP contribution is 2.17. The van der Waals surface area contributed by atoms with E-state index in [9.17, 15) is 9.59 Å². The third kappa shape index (κ3) is 9.78. The first-order chi connectivity index (χ1) is 14.5. The zero-order valence-electron chi connectivity index (χ0n) is 21.0. The lowest BCUT2D eigenvalue weighted by Gasteiger charge is -2.35. The van der Waals surface area contributed by atoms with E-state index < -0.39 is 5.60 Å². The number of aliphatic imine (C=N–C) groups is 1. The molecule has 1 unspecified atom stereocenters. The Morgan fingerprint density at radius 1 is 1.19 bits per heavy atom. The van der Waals surface area contributed by atoms with Gasteiger partial charge in [0.2, 0.25) is 5.91 Å². The van der Waals surface area contributed by atoms with Crippen molar-refractivity contribution in [1.82, 2.24) is 20.4 Å². The molecule has 0 spiro atoms. The standard InChI is InChI=1S/C23H45N5O3/c1-9-18(10-2)20(29)28-13-11-19(12-14-28)26-21(24-7)25-15-17(3)16-27(8)22(30)31-23(4,5)6/h17-19H,9-16H2,1-8H3,(H2,24,25,26). The molecule has 1 saturated heterocycles. The van der Waals surface area contributed by atoms with Crippen molar-refractivity contribution < 1.29 is 14.3 Å². The van der Waals surface area contributed by atoms with Crippen LogP contribution in [0, 0.1) is 11.8 Å². The second-order valence-electron chi connectivity index (χ2n) is 9.68. The maximum absolute atomic E-state index is 12.6. The Bertz CT molecular complexity index is 591. The Balaban J connectivity index is 2.40. The van der Waals surface area contributed by atoms with Crippen molar-refractivity contribution in [3.05, 3.63) is 0 Å². The van der Waals surface area contributed by atoms with Gasteiger partial charge in [-0.3, -0.25) is 9.79 Å². The molecule has 0 aromatic carbocycles. The second-order valence-corrected chi connectivity index (χ2v) is 9.68. The second kappa shape index (κ2) is 12.8. The van der Waals surface area contributed by atoms with Crippen molar-refractivity contribution in [3.63, 3.8) is 0 Å². The lowest BCUT2D eigenvalue weighted by atomic mass is 9.98. The summed E-state index contributed by atoms with van der Waals surface area (Å²) in [6.45, 7) is 14.7. The summed E-state index contributed by atoms with van der Waals surface area (Å²) >= 11 is 0. The largest absolute Gasteiger partial charge is 0.444 e. The third-order valence-electron chi connectivity index (χ3n) is 5.61. The van der Waals surface area contributed by atoms with Gasteiger partial charge in [-0.15, -0.1) is 0 Å². The molecule has 1 fully saturated rings. The summed E-state index contributed by atoms with van der Waals surface area (Å²) in [5.74, 6) is 1.44. The molecule has 180 valence electrons. The molecule has 0 radical (unpaired) electrons. The number of piperidine rings is 1. The quantitative estimate of drug-likeness (QED) is 0.448. The molecule has 1 atom stereocenters. The number of rotatable bonds is 8. The summed E-state index contributed by atoms with van der Waals surface area (Å²) in [4.78, 5) is 32.7. The van der Waals surface area contributed by atoms with E-state index in [1.54, 1.807) is 19.0 Å². The molecule has 1 aliphatic heterocycles. The summed E-state index contributed by atoms with van der Waals surface area (Å²) < 4.78 is 5.40. The van der Waals surface area contributed by atoms with Crippen LogP contribution < -0.4 is 10.6 Å². The van der Waals surface area contributed by atoms with Gasteiger partial charge in [0.05, 0.1) is 0 Å². The number of nitrogens with one attached hydrogen (secondary N) is 2. The van der Waals surface area contributed by atoms with Crippen molar-refractivity contribution in [1.29, 1.82) is 0 Å². The Morgan fingerprint density at radius 3 is 2.26 bits per heavy atom. The van der Waals surface area contributed by atoms with Gasteiger partial charge in [-0.1, -0.05) is 20.8 Å². The number of hydrogen-bond acceptors (Lipinski definition) is 4. The molecule has 0 aliphatic carbocycles. The predicted octanol–water partition coefficient (Wildman–Crippen LogP) is 3.08. The van der Waals surface area contributed by atoms with Crippen LogP contribution in [0.15, 0.2) is 4.99 Å². The first-order valence-electron chi connectivity index (χ1n) is 11.7. The lowest BCUT2D eigenvalue weighted by molar-refractivity contribution is -0.136. The van der Waals surface area contributed by atoms with E-state index in [-0.39, 0.29) is 17.9 Å². The Labute approximate surface area is 189 Å². The fraction of sp³-hybridized carbons (Fsp3) is 0.870. The van der Waals surface area contributed by atoms with Crippen molar-refractivity contribution in [2.45, 2.75) is 78.9 Å². The van der Waals surface area contributed by atoms with Crippen molar-refractivity contribution in [2.24, 2.45) is 16.8 Å². The minimum atomic E-state index is -0.493. The predicted molar refractivity (Wildman–Crippen MR) is 126 cm³/mol. The highest BCUT2D eigenvalue weighted by atomic mass is 16.6. The molecule has 1 heterocycles. The minimum Gasteiger partial charge on any atom is -0.444 e. The van der Waals surface area contributed by atoms with Crippen LogP contribution in [0.3, 0.4) is 0 Å². The van der Waals surface area contributed by atoms with E-state index in [1.807, 2.05) is 25.7 Å². The number of guanidine groups is 1. The molecule has 0 aromatic rings. The van der Waals surface area contributed by atoms with Crippen LogP contribution in [0.5, 0.6) is 0 Å². The Kier molecular flexibility index (Phi) is 11.1. The zero-order chi connectivity index (χ0) is 23.6. The highest BCUT2D eigenvalue weighted by molar-refractivity contribution is 5.80. The number of amides is 2. The van der Waals surface area contributed by atoms with Crippen LogP contribution in [-0.4, -0.2) is 79.7 Å². The van der Waals surface area contributed by atoms with Gasteiger partial charge in [0.15, 0.2) is 5.96 Å². The molecule has 8 heteroatoms. The van der Waals surface area contributed by atoms with Gasteiger partial charge >= 0.3 is 6.09 Å². The van der Waals surface area contributed by atoms with Crippen molar-refractivity contribution >= 4 is 18.0 Å². The molecular formula is C23H45N5O3. The number of likely N-dealkylation sites (tertiary alicyclic amines) is 1. The normalized spacial score (nSPS) is 16.8. The molecule has 1 aliphatic rings. The number of ether oxygens (including phenoxy) is 1. The number of nitrogens with zero attached hydrogens (tertiary/aromatic N) is 3. The summed E-state index contributed by atoms with van der Waals surface area (Å²) in [5.41, 5.74) is -0.493. The minimum absolute atomic E-state index is 0.152. The Morgan fingerprint density at radius 2 is 1.77 bits per heavy atom. The van der Waals surface area contributed by atoms with Gasteiger partial charge in [0.1, 0.15) is 5.60 Å². The van der Waals surface area contributed by atoms with E-state index in [2.05, 4.69) is 36.4 Å². The van der Waals surface area contributed by atoms with Gasteiger partial charge in [-0.05, 0) is 52.4 Å². The van der Waals surface area contributed by atoms with Gasteiger partial charge in [0.25, 0.3) is 0 Å².